The average molecular weight is 373 g/mol. The van der Waals surface area contributed by atoms with Crippen LogP contribution in [0, 0.1) is 0 Å². The van der Waals surface area contributed by atoms with Crippen molar-refractivity contribution >= 4 is 5.91 Å². The summed E-state index contributed by atoms with van der Waals surface area (Å²) in [4.78, 5) is 12.2. The molecule has 0 spiro atoms. The third kappa shape index (κ3) is 6.36. The standard InChI is InChI=1S/C25H28N2O/c28-25(17-18-26-20-21-10-4-1-5-11-21)27-19-16-24(22-12-6-2-7-13-22)23-14-8-3-9-15-23/h1-15,24,26H,16-20H2,(H,27,28). The highest BCUT2D eigenvalue weighted by molar-refractivity contribution is 5.76. The SMILES string of the molecule is O=C(CCNCc1ccccc1)NCCC(c1ccccc1)c1ccccc1. The second-order valence-electron chi connectivity index (χ2n) is 6.92. The van der Waals surface area contributed by atoms with Crippen LogP contribution in [0.2, 0.25) is 0 Å². The summed E-state index contributed by atoms with van der Waals surface area (Å²) in [6.07, 6.45) is 1.38. The first-order valence-electron chi connectivity index (χ1n) is 9.94. The van der Waals surface area contributed by atoms with Gasteiger partial charge in [-0.3, -0.25) is 4.79 Å². The highest BCUT2D eigenvalue weighted by Crippen LogP contribution is 2.27. The van der Waals surface area contributed by atoms with Gasteiger partial charge in [-0.2, -0.15) is 0 Å². The molecule has 0 bridgehead atoms. The van der Waals surface area contributed by atoms with Gasteiger partial charge < -0.3 is 10.6 Å². The topological polar surface area (TPSA) is 41.1 Å². The zero-order valence-corrected chi connectivity index (χ0v) is 16.2. The second kappa shape index (κ2) is 11.1. The molecular formula is C25H28N2O. The summed E-state index contributed by atoms with van der Waals surface area (Å²) in [6.45, 7) is 2.14. The number of carbonyl (C=O) groups excluding carboxylic acids is 1. The first-order chi connectivity index (χ1) is 13.8. The van der Waals surface area contributed by atoms with Gasteiger partial charge in [0.15, 0.2) is 0 Å². The molecule has 144 valence electrons. The van der Waals surface area contributed by atoms with Gasteiger partial charge in [0, 0.05) is 32.0 Å². The maximum Gasteiger partial charge on any atom is 0.221 e. The van der Waals surface area contributed by atoms with Crippen LogP contribution in [0.4, 0.5) is 0 Å². The van der Waals surface area contributed by atoms with Crippen molar-refractivity contribution in [3.8, 4) is 0 Å². The van der Waals surface area contributed by atoms with Crippen molar-refractivity contribution in [1.82, 2.24) is 10.6 Å². The lowest BCUT2D eigenvalue weighted by molar-refractivity contribution is -0.121. The van der Waals surface area contributed by atoms with Crippen LogP contribution >= 0.6 is 0 Å². The molecule has 0 saturated carbocycles. The van der Waals surface area contributed by atoms with Crippen LogP contribution in [0.25, 0.3) is 0 Å². The minimum absolute atomic E-state index is 0.0976. The zero-order valence-electron chi connectivity index (χ0n) is 16.2. The minimum atomic E-state index is 0.0976. The summed E-state index contributed by atoms with van der Waals surface area (Å²) < 4.78 is 0. The number of benzene rings is 3. The maximum absolute atomic E-state index is 12.2. The largest absolute Gasteiger partial charge is 0.356 e. The lowest BCUT2D eigenvalue weighted by atomic mass is 9.88. The predicted molar refractivity (Wildman–Crippen MR) is 115 cm³/mol. The van der Waals surface area contributed by atoms with Crippen molar-refractivity contribution in [2.24, 2.45) is 0 Å². The molecule has 0 heterocycles. The summed E-state index contributed by atoms with van der Waals surface area (Å²) in [6, 6.07) is 31.2. The van der Waals surface area contributed by atoms with E-state index in [0.29, 0.717) is 25.4 Å². The van der Waals surface area contributed by atoms with E-state index in [4.69, 9.17) is 0 Å². The van der Waals surface area contributed by atoms with E-state index in [1.54, 1.807) is 0 Å². The third-order valence-electron chi connectivity index (χ3n) is 4.86. The van der Waals surface area contributed by atoms with Gasteiger partial charge in [0.1, 0.15) is 0 Å². The smallest absolute Gasteiger partial charge is 0.221 e. The van der Waals surface area contributed by atoms with Crippen LogP contribution < -0.4 is 10.6 Å². The van der Waals surface area contributed by atoms with E-state index in [1.165, 1.54) is 16.7 Å². The Morgan fingerprint density at radius 1 is 0.714 bits per heavy atom. The van der Waals surface area contributed by atoms with Crippen LogP contribution in [-0.2, 0) is 11.3 Å². The molecule has 3 nitrogen and oxygen atoms in total. The Morgan fingerprint density at radius 2 is 1.25 bits per heavy atom. The highest BCUT2D eigenvalue weighted by atomic mass is 16.1. The maximum atomic E-state index is 12.2. The Balaban J connectivity index is 1.43. The van der Waals surface area contributed by atoms with Gasteiger partial charge in [0.25, 0.3) is 0 Å². The van der Waals surface area contributed by atoms with E-state index in [0.717, 1.165) is 13.0 Å². The van der Waals surface area contributed by atoms with Crippen LogP contribution in [0.5, 0.6) is 0 Å². The van der Waals surface area contributed by atoms with Gasteiger partial charge in [-0.25, -0.2) is 0 Å². The van der Waals surface area contributed by atoms with Crippen molar-refractivity contribution in [2.75, 3.05) is 13.1 Å². The fourth-order valence-corrected chi connectivity index (χ4v) is 3.37. The molecule has 0 unspecified atom stereocenters. The van der Waals surface area contributed by atoms with Crippen molar-refractivity contribution in [1.29, 1.82) is 0 Å². The lowest BCUT2D eigenvalue weighted by Crippen LogP contribution is -2.29. The summed E-state index contributed by atoms with van der Waals surface area (Å²) >= 11 is 0. The summed E-state index contributed by atoms with van der Waals surface area (Å²) in [7, 11) is 0. The van der Waals surface area contributed by atoms with Gasteiger partial charge in [-0.05, 0) is 23.1 Å². The number of nitrogens with one attached hydrogen (secondary N) is 2. The van der Waals surface area contributed by atoms with Crippen LogP contribution in [0.3, 0.4) is 0 Å². The van der Waals surface area contributed by atoms with Crippen molar-refractivity contribution in [3.63, 3.8) is 0 Å². The molecule has 0 aliphatic rings. The van der Waals surface area contributed by atoms with Crippen LogP contribution in [-0.4, -0.2) is 19.0 Å². The fraction of sp³-hybridized carbons (Fsp3) is 0.240. The second-order valence-corrected chi connectivity index (χ2v) is 6.92. The summed E-state index contributed by atoms with van der Waals surface area (Å²) in [5.41, 5.74) is 3.80. The monoisotopic (exact) mass is 372 g/mol. The molecule has 3 aromatic rings. The minimum Gasteiger partial charge on any atom is -0.356 e. The fourth-order valence-electron chi connectivity index (χ4n) is 3.37. The average Bonchev–Trinajstić information content (AvgIpc) is 2.76. The number of hydrogen-bond acceptors (Lipinski definition) is 2. The molecule has 3 rings (SSSR count). The molecule has 28 heavy (non-hydrogen) atoms. The Bertz CT molecular complexity index is 779. The van der Waals surface area contributed by atoms with Crippen LogP contribution in [0.15, 0.2) is 91.0 Å². The highest BCUT2D eigenvalue weighted by Gasteiger charge is 2.14. The molecule has 2 N–H and O–H groups in total. The van der Waals surface area contributed by atoms with E-state index >= 15 is 0 Å². The molecule has 3 aromatic carbocycles. The Morgan fingerprint density at radius 3 is 1.82 bits per heavy atom. The number of hydrogen-bond donors (Lipinski definition) is 2. The van der Waals surface area contributed by atoms with Crippen LogP contribution in [0.1, 0.15) is 35.4 Å². The number of rotatable bonds is 10. The van der Waals surface area contributed by atoms with Gasteiger partial charge in [-0.15, -0.1) is 0 Å². The Kier molecular flexibility index (Phi) is 7.83. The number of amides is 1. The lowest BCUT2D eigenvalue weighted by Gasteiger charge is -2.18. The molecule has 0 radical (unpaired) electrons. The molecular weight excluding hydrogens is 344 g/mol. The first-order valence-corrected chi connectivity index (χ1v) is 9.94. The molecule has 0 saturated heterocycles. The van der Waals surface area contributed by atoms with Gasteiger partial charge in [0.05, 0.1) is 0 Å². The van der Waals surface area contributed by atoms with Gasteiger partial charge >= 0.3 is 0 Å². The zero-order chi connectivity index (χ0) is 19.4. The molecule has 0 aliphatic heterocycles. The Labute approximate surface area is 167 Å². The van der Waals surface area contributed by atoms with E-state index in [2.05, 4.69) is 71.3 Å². The van der Waals surface area contributed by atoms with Gasteiger partial charge in [0.2, 0.25) is 5.91 Å². The van der Waals surface area contributed by atoms with E-state index in [9.17, 15) is 4.79 Å². The third-order valence-corrected chi connectivity index (χ3v) is 4.86. The van der Waals surface area contributed by atoms with E-state index < -0.39 is 0 Å². The molecule has 0 aromatic heterocycles. The molecule has 1 amide bonds. The summed E-state index contributed by atoms with van der Waals surface area (Å²) in [5.74, 6) is 0.388. The van der Waals surface area contributed by atoms with E-state index in [-0.39, 0.29) is 5.91 Å². The Hall–Kier alpha value is -2.91. The number of carbonyl (C=O) groups is 1. The normalized spacial score (nSPS) is 10.8. The van der Waals surface area contributed by atoms with Crippen molar-refractivity contribution in [2.45, 2.75) is 25.3 Å². The van der Waals surface area contributed by atoms with E-state index in [1.807, 2.05) is 30.3 Å². The van der Waals surface area contributed by atoms with Gasteiger partial charge in [-0.1, -0.05) is 91.0 Å². The quantitative estimate of drug-likeness (QED) is 0.514. The van der Waals surface area contributed by atoms with Crippen molar-refractivity contribution < 1.29 is 4.79 Å². The summed E-state index contributed by atoms with van der Waals surface area (Å²) in [5, 5.41) is 6.40. The molecule has 3 heteroatoms. The molecule has 0 fully saturated rings. The predicted octanol–water partition coefficient (Wildman–Crippen LogP) is 4.50. The first kappa shape index (κ1) is 19.8. The molecule has 0 atom stereocenters. The van der Waals surface area contributed by atoms with Crippen molar-refractivity contribution in [3.05, 3.63) is 108 Å². The molecule has 0 aliphatic carbocycles.